The summed E-state index contributed by atoms with van der Waals surface area (Å²) in [6.45, 7) is 5.88. The summed E-state index contributed by atoms with van der Waals surface area (Å²) in [7, 11) is 0. The molecule has 0 fully saturated rings. The number of ketones is 1. The SMILES string of the molecule is CCc1ccc(C(=O)COC(=O)CSc2ncnc3sc(C)c(C)c23)cc1. The minimum atomic E-state index is -0.435. The van der Waals surface area contributed by atoms with E-state index in [2.05, 4.69) is 16.9 Å². The zero-order valence-corrected chi connectivity index (χ0v) is 17.1. The molecule has 2 aromatic heterocycles. The molecule has 0 aliphatic rings. The summed E-state index contributed by atoms with van der Waals surface area (Å²) in [5.74, 6) is -0.540. The number of nitrogens with zero attached hydrogens (tertiary/aromatic N) is 2. The first kappa shape index (κ1) is 19.5. The molecule has 0 spiro atoms. The van der Waals surface area contributed by atoms with Crippen molar-refractivity contribution in [3.63, 3.8) is 0 Å². The van der Waals surface area contributed by atoms with Gasteiger partial charge in [0.2, 0.25) is 0 Å². The zero-order chi connectivity index (χ0) is 19.4. The first-order chi connectivity index (χ1) is 13.0. The van der Waals surface area contributed by atoms with Crippen LogP contribution in [0.3, 0.4) is 0 Å². The fraction of sp³-hybridized carbons (Fsp3) is 0.300. The van der Waals surface area contributed by atoms with E-state index in [4.69, 9.17) is 4.74 Å². The minimum Gasteiger partial charge on any atom is -0.457 e. The minimum absolute atomic E-state index is 0.0997. The van der Waals surface area contributed by atoms with Gasteiger partial charge >= 0.3 is 5.97 Å². The molecular weight excluding hydrogens is 380 g/mol. The molecule has 0 unspecified atom stereocenters. The first-order valence-corrected chi connectivity index (χ1v) is 10.4. The first-order valence-electron chi connectivity index (χ1n) is 8.60. The summed E-state index contributed by atoms with van der Waals surface area (Å²) in [6, 6.07) is 7.36. The number of benzene rings is 1. The topological polar surface area (TPSA) is 69.2 Å². The fourth-order valence-corrected chi connectivity index (χ4v) is 4.50. The van der Waals surface area contributed by atoms with Gasteiger partial charge in [-0.15, -0.1) is 11.3 Å². The van der Waals surface area contributed by atoms with Crippen molar-refractivity contribution in [3.8, 4) is 0 Å². The van der Waals surface area contributed by atoms with E-state index in [1.54, 1.807) is 23.5 Å². The maximum absolute atomic E-state index is 12.1. The number of esters is 1. The molecule has 0 bridgehead atoms. The second-order valence-corrected chi connectivity index (χ2v) is 8.23. The molecule has 0 aliphatic carbocycles. The van der Waals surface area contributed by atoms with Gasteiger partial charge in [0, 0.05) is 15.8 Å². The molecule has 2 heterocycles. The number of hydrogen-bond donors (Lipinski definition) is 0. The van der Waals surface area contributed by atoms with Gasteiger partial charge < -0.3 is 4.74 Å². The highest BCUT2D eigenvalue weighted by molar-refractivity contribution is 8.00. The number of Topliss-reactive ketones (excluding diaryl/α,β-unsaturated/α-hetero) is 1. The van der Waals surface area contributed by atoms with Crippen molar-refractivity contribution < 1.29 is 14.3 Å². The third-order valence-electron chi connectivity index (χ3n) is 4.31. The van der Waals surface area contributed by atoms with E-state index in [-0.39, 0.29) is 18.1 Å². The number of ether oxygens (including phenoxy) is 1. The van der Waals surface area contributed by atoms with Crippen molar-refractivity contribution in [2.45, 2.75) is 32.2 Å². The van der Waals surface area contributed by atoms with Gasteiger partial charge in [0.25, 0.3) is 0 Å². The molecule has 7 heteroatoms. The quantitative estimate of drug-likeness (QED) is 0.254. The van der Waals surface area contributed by atoms with E-state index >= 15 is 0 Å². The summed E-state index contributed by atoms with van der Waals surface area (Å²) < 4.78 is 5.13. The standard InChI is InChI=1S/C20H20N2O3S2/c1-4-14-5-7-15(8-6-14)16(23)9-25-17(24)10-26-19-18-12(2)13(3)27-20(18)22-11-21-19/h5-8,11H,4,9-10H2,1-3H3. The number of carbonyl (C=O) groups excluding carboxylic acids is 2. The molecule has 1 aromatic carbocycles. The molecule has 5 nitrogen and oxygen atoms in total. The molecule has 0 saturated carbocycles. The highest BCUT2D eigenvalue weighted by Gasteiger charge is 2.15. The molecule has 0 atom stereocenters. The number of aromatic nitrogens is 2. The zero-order valence-electron chi connectivity index (χ0n) is 15.4. The Kier molecular flexibility index (Phi) is 6.23. The maximum atomic E-state index is 12.1. The van der Waals surface area contributed by atoms with Gasteiger partial charge in [-0.2, -0.15) is 0 Å². The molecule has 3 rings (SSSR count). The Labute approximate surface area is 166 Å². The van der Waals surface area contributed by atoms with E-state index in [9.17, 15) is 9.59 Å². The van der Waals surface area contributed by atoms with Gasteiger partial charge in [-0.25, -0.2) is 9.97 Å². The lowest BCUT2D eigenvalue weighted by Crippen LogP contribution is -2.15. The molecule has 27 heavy (non-hydrogen) atoms. The van der Waals surface area contributed by atoms with Gasteiger partial charge in [-0.1, -0.05) is 43.0 Å². The third kappa shape index (κ3) is 4.54. The van der Waals surface area contributed by atoms with E-state index in [0.717, 1.165) is 32.8 Å². The number of carbonyl (C=O) groups is 2. The van der Waals surface area contributed by atoms with Crippen LogP contribution in [-0.4, -0.2) is 34.1 Å². The van der Waals surface area contributed by atoms with Gasteiger partial charge in [0.15, 0.2) is 12.4 Å². The number of hydrogen-bond acceptors (Lipinski definition) is 7. The van der Waals surface area contributed by atoms with Crippen molar-refractivity contribution in [2.75, 3.05) is 12.4 Å². The van der Waals surface area contributed by atoms with Crippen LogP contribution in [0.4, 0.5) is 0 Å². The lowest BCUT2D eigenvalue weighted by molar-refractivity contribution is -0.139. The number of thioether (sulfide) groups is 1. The van der Waals surface area contributed by atoms with Crippen molar-refractivity contribution in [2.24, 2.45) is 0 Å². The highest BCUT2D eigenvalue weighted by Crippen LogP contribution is 2.34. The lowest BCUT2D eigenvalue weighted by Gasteiger charge is -2.06. The molecular formula is C20H20N2O3S2. The molecule has 0 radical (unpaired) electrons. The van der Waals surface area contributed by atoms with Gasteiger partial charge in [0.1, 0.15) is 16.2 Å². The molecule has 0 amide bonds. The van der Waals surface area contributed by atoms with Crippen LogP contribution in [0.2, 0.25) is 0 Å². The summed E-state index contributed by atoms with van der Waals surface area (Å²) in [6.07, 6.45) is 2.43. The number of fused-ring (bicyclic) bond motifs is 1. The Bertz CT molecular complexity index is 981. The number of aryl methyl sites for hydroxylation is 3. The second-order valence-electron chi connectivity index (χ2n) is 6.07. The monoisotopic (exact) mass is 400 g/mol. The Balaban J connectivity index is 1.56. The lowest BCUT2D eigenvalue weighted by atomic mass is 10.1. The highest BCUT2D eigenvalue weighted by atomic mass is 32.2. The van der Waals surface area contributed by atoms with E-state index in [1.807, 2.05) is 26.0 Å². The normalized spacial score (nSPS) is 10.9. The van der Waals surface area contributed by atoms with Crippen molar-refractivity contribution in [1.29, 1.82) is 0 Å². The summed E-state index contributed by atoms with van der Waals surface area (Å²) in [4.78, 5) is 34.9. The number of rotatable bonds is 7. The van der Waals surface area contributed by atoms with Crippen LogP contribution in [0.5, 0.6) is 0 Å². The Morgan fingerprint density at radius 2 is 1.89 bits per heavy atom. The van der Waals surface area contributed by atoms with Crippen molar-refractivity contribution >= 4 is 45.1 Å². The van der Waals surface area contributed by atoms with Crippen molar-refractivity contribution in [3.05, 3.63) is 52.2 Å². The Hall–Kier alpha value is -2.25. The van der Waals surface area contributed by atoms with Crippen molar-refractivity contribution in [1.82, 2.24) is 9.97 Å². The average molecular weight is 401 g/mol. The van der Waals surface area contributed by atoms with Crippen LogP contribution in [0.25, 0.3) is 10.2 Å². The van der Waals surface area contributed by atoms with Gasteiger partial charge in [0.05, 0.1) is 5.75 Å². The Morgan fingerprint density at radius 3 is 2.59 bits per heavy atom. The fourth-order valence-electron chi connectivity index (χ4n) is 2.58. The van der Waals surface area contributed by atoms with Crippen LogP contribution in [0, 0.1) is 13.8 Å². The van der Waals surface area contributed by atoms with Crippen LogP contribution < -0.4 is 0 Å². The maximum Gasteiger partial charge on any atom is 0.316 e. The van der Waals surface area contributed by atoms with Crippen LogP contribution in [0.15, 0.2) is 35.6 Å². The molecule has 0 aliphatic heterocycles. The molecule has 140 valence electrons. The second kappa shape index (κ2) is 8.63. The predicted molar refractivity (Wildman–Crippen MR) is 109 cm³/mol. The van der Waals surface area contributed by atoms with Crippen LogP contribution >= 0.6 is 23.1 Å². The van der Waals surface area contributed by atoms with E-state index < -0.39 is 5.97 Å². The smallest absolute Gasteiger partial charge is 0.316 e. The Morgan fingerprint density at radius 1 is 1.15 bits per heavy atom. The largest absolute Gasteiger partial charge is 0.457 e. The third-order valence-corrected chi connectivity index (χ3v) is 6.38. The average Bonchev–Trinajstić information content (AvgIpc) is 2.99. The molecule has 3 aromatic rings. The summed E-state index contributed by atoms with van der Waals surface area (Å²) in [5, 5.41) is 1.75. The molecule has 0 N–H and O–H groups in total. The van der Waals surface area contributed by atoms with E-state index in [0.29, 0.717) is 5.56 Å². The summed E-state index contributed by atoms with van der Waals surface area (Å²) in [5.41, 5.74) is 2.85. The van der Waals surface area contributed by atoms with Gasteiger partial charge in [-0.05, 0) is 31.4 Å². The van der Waals surface area contributed by atoms with Crippen LogP contribution in [0.1, 0.15) is 33.3 Å². The number of thiophene rings is 1. The molecule has 0 saturated heterocycles. The predicted octanol–water partition coefficient (Wildman–Crippen LogP) is 4.39. The van der Waals surface area contributed by atoms with Gasteiger partial charge in [-0.3, -0.25) is 9.59 Å². The summed E-state index contributed by atoms with van der Waals surface area (Å²) >= 11 is 2.92. The van der Waals surface area contributed by atoms with E-state index in [1.165, 1.54) is 23.0 Å². The van der Waals surface area contributed by atoms with Crippen LogP contribution in [-0.2, 0) is 16.0 Å².